The predicted molar refractivity (Wildman–Crippen MR) is 110 cm³/mol. The number of aromatic hydroxyl groups is 2. The maximum absolute atomic E-state index is 12.4. The minimum absolute atomic E-state index is 0.0949. The first kappa shape index (κ1) is 20.4. The number of nitrogens with one attached hydrogen (secondary N) is 2. The second-order valence-corrected chi connectivity index (χ2v) is 6.35. The maximum Gasteiger partial charge on any atom is 0.308 e. The maximum atomic E-state index is 12.4. The summed E-state index contributed by atoms with van der Waals surface area (Å²) >= 11 is 0. The molecular weight excluding hydrogens is 388 g/mol. The van der Waals surface area contributed by atoms with Gasteiger partial charge >= 0.3 is 5.97 Å². The Morgan fingerprint density at radius 1 is 0.733 bits per heavy atom. The molecule has 0 fully saturated rings. The Balaban J connectivity index is 1.65. The molecule has 3 rings (SSSR count). The van der Waals surface area contributed by atoms with Crippen molar-refractivity contribution in [2.45, 2.75) is 6.92 Å². The number of benzene rings is 3. The minimum atomic E-state index is -0.514. The Morgan fingerprint density at radius 3 is 1.80 bits per heavy atom. The Labute approximate surface area is 171 Å². The number of amides is 2. The lowest BCUT2D eigenvalue weighted by molar-refractivity contribution is -0.131. The van der Waals surface area contributed by atoms with Gasteiger partial charge in [0.2, 0.25) is 0 Å². The van der Waals surface area contributed by atoms with Crippen LogP contribution >= 0.6 is 0 Å². The zero-order valence-corrected chi connectivity index (χ0v) is 15.9. The molecule has 0 aromatic heterocycles. The van der Waals surface area contributed by atoms with E-state index in [0.29, 0.717) is 16.9 Å². The van der Waals surface area contributed by atoms with Gasteiger partial charge in [0.25, 0.3) is 11.8 Å². The molecule has 0 heterocycles. The molecule has 4 N–H and O–H groups in total. The Hall–Kier alpha value is -4.33. The van der Waals surface area contributed by atoms with Crippen molar-refractivity contribution < 1.29 is 29.3 Å². The number of carbonyl (C=O) groups excluding carboxylic acids is 3. The monoisotopic (exact) mass is 406 g/mol. The van der Waals surface area contributed by atoms with Crippen molar-refractivity contribution >= 4 is 29.2 Å². The molecule has 3 aromatic carbocycles. The molecule has 8 nitrogen and oxygen atoms in total. The zero-order valence-electron chi connectivity index (χ0n) is 15.9. The first-order chi connectivity index (χ1) is 14.3. The van der Waals surface area contributed by atoms with Crippen LogP contribution in [0, 0.1) is 0 Å². The number of esters is 1. The summed E-state index contributed by atoms with van der Waals surface area (Å²) in [6.45, 7) is 1.27. The summed E-state index contributed by atoms with van der Waals surface area (Å²) < 4.78 is 4.97. The second kappa shape index (κ2) is 8.78. The van der Waals surface area contributed by atoms with Gasteiger partial charge < -0.3 is 25.6 Å². The summed E-state index contributed by atoms with van der Waals surface area (Å²) in [7, 11) is 0. The van der Waals surface area contributed by atoms with Gasteiger partial charge in [0.05, 0.1) is 0 Å². The number of ether oxygens (including phenoxy) is 1. The van der Waals surface area contributed by atoms with Gasteiger partial charge in [-0.25, -0.2) is 0 Å². The molecule has 0 radical (unpaired) electrons. The fourth-order valence-corrected chi connectivity index (χ4v) is 2.64. The highest BCUT2D eigenvalue weighted by molar-refractivity contribution is 6.06. The van der Waals surface area contributed by atoms with Gasteiger partial charge in [0, 0.05) is 35.5 Å². The Bertz CT molecular complexity index is 1090. The van der Waals surface area contributed by atoms with Crippen molar-refractivity contribution in [1.29, 1.82) is 0 Å². The van der Waals surface area contributed by atoms with Crippen LogP contribution in [-0.2, 0) is 4.79 Å². The third-order valence-electron chi connectivity index (χ3n) is 3.92. The van der Waals surface area contributed by atoms with Crippen LogP contribution in [0.5, 0.6) is 17.2 Å². The van der Waals surface area contributed by atoms with Crippen LogP contribution in [0.25, 0.3) is 0 Å². The van der Waals surface area contributed by atoms with Crippen LogP contribution in [0.1, 0.15) is 27.6 Å². The summed E-state index contributed by atoms with van der Waals surface area (Å²) in [6, 6.07) is 16.2. The number of hydrogen-bond acceptors (Lipinski definition) is 6. The van der Waals surface area contributed by atoms with Crippen molar-refractivity contribution in [3.63, 3.8) is 0 Å². The quantitative estimate of drug-likeness (QED) is 0.379. The van der Waals surface area contributed by atoms with E-state index in [1.165, 1.54) is 25.1 Å². The molecule has 8 heteroatoms. The number of phenols is 2. The van der Waals surface area contributed by atoms with Gasteiger partial charge in [0.1, 0.15) is 17.2 Å². The van der Waals surface area contributed by atoms with E-state index in [1.807, 2.05) is 0 Å². The highest BCUT2D eigenvalue weighted by Gasteiger charge is 2.11. The topological polar surface area (TPSA) is 125 Å². The van der Waals surface area contributed by atoms with Gasteiger partial charge in [0.15, 0.2) is 0 Å². The number of rotatable bonds is 5. The average Bonchev–Trinajstić information content (AvgIpc) is 2.68. The van der Waals surface area contributed by atoms with E-state index in [-0.39, 0.29) is 22.8 Å². The molecule has 0 aliphatic rings. The number of anilines is 2. The summed E-state index contributed by atoms with van der Waals surface area (Å²) in [5.74, 6) is -1.57. The number of hydrogen-bond donors (Lipinski definition) is 4. The molecule has 0 aliphatic heterocycles. The molecular formula is C22H18N2O6. The van der Waals surface area contributed by atoms with Gasteiger partial charge in [-0.2, -0.15) is 0 Å². The van der Waals surface area contributed by atoms with Gasteiger partial charge in [-0.15, -0.1) is 0 Å². The van der Waals surface area contributed by atoms with E-state index in [9.17, 15) is 24.6 Å². The summed E-state index contributed by atoms with van der Waals surface area (Å²) in [6.07, 6.45) is 0. The standard InChI is InChI=1S/C22H18N2O6/c1-13(25)30-20-4-2-3-14(11-20)21(28)23-16-5-7-17(8-6-16)24-22(29)15-9-18(26)12-19(27)10-15/h2-12,26-27H,1H3,(H,23,28)(H,24,29). The molecule has 30 heavy (non-hydrogen) atoms. The SMILES string of the molecule is CC(=O)Oc1cccc(C(=O)Nc2ccc(NC(=O)c3cc(O)cc(O)c3)cc2)c1. The first-order valence-electron chi connectivity index (χ1n) is 8.84. The molecule has 0 spiro atoms. The third kappa shape index (κ3) is 5.35. The van der Waals surface area contributed by atoms with E-state index >= 15 is 0 Å². The Morgan fingerprint density at radius 2 is 1.27 bits per heavy atom. The van der Waals surface area contributed by atoms with Gasteiger partial charge in [-0.1, -0.05) is 6.07 Å². The molecule has 0 unspecified atom stereocenters. The largest absolute Gasteiger partial charge is 0.508 e. The molecule has 0 bridgehead atoms. The van der Waals surface area contributed by atoms with E-state index in [0.717, 1.165) is 6.07 Å². The molecule has 2 amide bonds. The minimum Gasteiger partial charge on any atom is -0.508 e. The zero-order chi connectivity index (χ0) is 21.7. The molecule has 3 aromatic rings. The van der Waals surface area contributed by atoms with E-state index in [4.69, 9.17) is 4.74 Å². The van der Waals surface area contributed by atoms with Crippen molar-refractivity contribution in [2.24, 2.45) is 0 Å². The fourth-order valence-electron chi connectivity index (χ4n) is 2.64. The van der Waals surface area contributed by atoms with Gasteiger partial charge in [-0.3, -0.25) is 14.4 Å². The highest BCUT2D eigenvalue weighted by atomic mass is 16.5. The van der Waals surface area contributed by atoms with Crippen molar-refractivity contribution in [1.82, 2.24) is 0 Å². The van der Waals surface area contributed by atoms with Crippen LogP contribution in [0.2, 0.25) is 0 Å². The lowest BCUT2D eigenvalue weighted by Gasteiger charge is -2.09. The van der Waals surface area contributed by atoms with Crippen LogP contribution < -0.4 is 15.4 Å². The molecule has 0 saturated heterocycles. The van der Waals surface area contributed by atoms with Crippen LogP contribution in [0.4, 0.5) is 11.4 Å². The smallest absolute Gasteiger partial charge is 0.308 e. The van der Waals surface area contributed by atoms with Crippen molar-refractivity contribution in [3.05, 3.63) is 77.9 Å². The first-order valence-corrected chi connectivity index (χ1v) is 8.84. The van der Waals surface area contributed by atoms with E-state index in [1.54, 1.807) is 42.5 Å². The van der Waals surface area contributed by atoms with E-state index in [2.05, 4.69) is 10.6 Å². The fraction of sp³-hybridized carbons (Fsp3) is 0.0455. The molecule has 0 saturated carbocycles. The van der Waals surface area contributed by atoms with Crippen LogP contribution in [0.3, 0.4) is 0 Å². The normalized spacial score (nSPS) is 10.2. The van der Waals surface area contributed by atoms with Crippen LogP contribution in [0.15, 0.2) is 66.7 Å². The number of carbonyl (C=O) groups is 3. The predicted octanol–water partition coefficient (Wildman–Crippen LogP) is 3.53. The molecule has 0 aliphatic carbocycles. The number of phenolic OH excluding ortho intramolecular Hbond substituents is 2. The summed E-state index contributed by atoms with van der Waals surface area (Å²) in [4.78, 5) is 35.7. The van der Waals surface area contributed by atoms with Crippen molar-refractivity contribution in [3.8, 4) is 17.2 Å². The summed E-state index contributed by atoms with van der Waals surface area (Å²) in [5, 5.41) is 24.3. The van der Waals surface area contributed by atoms with Crippen LogP contribution in [-0.4, -0.2) is 28.0 Å². The lowest BCUT2D eigenvalue weighted by Crippen LogP contribution is -2.13. The summed E-state index contributed by atoms with van der Waals surface area (Å²) in [5.41, 5.74) is 1.36. The molecule has 0 atom stereocenters. The van der Waals surface area contributed by atoms with Crippen molar-refractivity contribution in [2.75, 3.05) is 10.6 Å². The third-order valence-corrected chi connectivity index (χ3v) is 3.92. The van der Waals surface area contributed by atoms with E-state index < -0.39 is 17.8 Å². The average molecular weight is 406 g/mol. The second-order valence-electron chi connectivity index (χ2n) is 6.35. The Kier molecular flexibility index (Phi) is 5.97. The lowest BCUT2D eigenvalue weighted by atomic mass is 10.1. The molecule has 152 valence electrons. The highest BCUT2D eigenvalue weighted by Crippen LogP contribution is 2.22. The van der Waals surface area contributed by atoms with Gasteiger partial charge in [-0.05, 0) is 54.6 Å².